The van der Waals surface area contributed by atoms with E-state index < -0.39 is 0 Å². The zero-order valence-electron chi connectivity index (χ0n) is 18.0. The molecule has 1 aliphatic heterocycles. The minimum Gasteiger partial charge on any atom is -0.447 e. The van der Waals surface area contributed by atoms with Crippen molar-refractivity contribution in [3.05, 3.63) is 47.7 Å². The van der Waals surface area contributed by atoms with Crippen molar-refractivity contribution in [1.82, 2.24) is 20.1 Å². The molecule has 1 fully saturated rings. The largest absolute Gasteiger partial charge is 0.447 e. The van der Waals surface area contributed by atoms with E-state index in [4.69, 9.17) is 4.42 Å². The van der Waals surface area contributed by atoms with Crippen molar-refractivity contribution in [2.45, 2.75) is 39.4 Å². The molecule has 1 atom stereocenters. The van der Waals surface area contributed by atoms with Gasteiger partial charge in [-0.1, -0.05) is 19.1 Å². The Morgan fingerprint density at radius 2 is 1.76 bits per heavy atom. The lowest BCUT2D eigenvalue weighted by Gasteiger charge is -2.34. The Labute approximate surface area is 173 Å². The quantitative estimate of drug-likeness (QED) is 0.736. The van der Waals surface area contributed by atoms with Crippen LogP contribution in [0.25, 0.3) is 0 Å². The van der Waals surface area contributed by atoms with Gasteiger partial charge in [-0.25, -0.2) is 4.98 Å². The van der Waals surface area contributed by atoms with E-state index in [-0.39, 0.29) is 11.9 Å². The summed E-state index contributed by atoms with van der Waals surface area (Å²) in [6.45, 7) is 9.59. The van der Waals surface area contributed by atoms with E-state index in [0.29, 0.717) is 18.1 Å². The van der Waals surface area contributed by atoms with Crippen molar-refractivity contribution in [3.8, 4) is 0 Å². The Morgan fingerprint density at radius 3 is 2.34 bits per heavy atom. The normalized spacial score (nSPS) is 16.6. The van der Waals surface area contributed by atoms with Crippen LogP contribution in [0.4, 0.5) is 5.69 Å². The van der Waals surface area contributed by atoms with Gasteiger partial charge in [0.15, 0.2) is 5.69 Å². The Kier molecular flexibility index (Phi) is 7.28. The summed E-state index contributed by atoms with van der Waals surface area (Å²) in [4.78, 5) is 23.4. The maximum absolute atomic E-state index is 12.1. The summed E-state index contributed by atoms with van der Waals surface area (Å²) in [6.07, 6.45) is 2.35. The average molecular weight is 400 g/mol. The number of carbonyl (C=O) groups is 1. The molecule has 0 spiro atoms. The number of benzene rings is 1. The van der Waals surface area contributed by atoms with E-state index in [9.17, 15) is 4.79 Å². The van der Waals surface area contributed by atoms with Crippen molar-refractivity contribution in [1.29, 1.82) is 0 Å². The summed E-state index contributed by atoms with van der Waals surface area (Å²) in [5.74, 6) is 0.437. The van der Waals surface area contributed by atoms with Gasteiger partial charge in [0.2, 0.25) is 5.89 Å². The summed E-state index contributed by atoms with van der Waals surface area (Å²) in [6, 6.07) is 8.89. The Hall–Kier alpha value is -2.38. The first-order valence-electron chi connectivity index (χ1n) is 10.4. The highest BCUT2D eigenvalue weighted by Gasteiger charge is 2.20. The Morgan fingerprint density at radius 1 is 1.14 bits per heavy atom. The number of carbonyl (C=O) groups excluding carboxylic acids is 1. The van der Waals surface area contributed by atoms with Crippen LogP contribution in [0.1, 0.15) is 42.2 Å². The van der Waals surface area contributed by atoms with Crippen LogP contribution in [0, 0.1) is 0 Å². The zero-order chi connectivity index (χ0) is 20.8. The average Bonchev–Trinajstić information content (AvgIpc) is 3.18. The molecule has 1 aromatic carbocycles. The monoisotopic (exact) mass is 399 g/mol. The molecule has 0 saturated carbocycles. The lowest BCUT2D eigenvalue weighted by atomic mass is 10.1. The van der Waals surface area contributed by atoms with Gasteiger partial charge in [0.1, 0.15) is 6.26 Å². The van der Waals surface area contributed by atoms with E-state index in [1.54, 1.807) is 0 Å². The number of rotatable bonds is 8. The first-order chi connectivity index (χ1) is 13.9. The van der Waals surface area contributed by atoms with Gasteiger partial charge in [-0.2, -0.15) is 0 Å². The summed E-state index contributed by atoms with van der Waals surface area (Å²) >= 11 is 0. The van der Waals surface area contributed by atoms with E-state index >= 15 is 0 Å². The smallest absolute Gasteiger partial charge is 0.273 e. The van der Waals surface area contributed by atoms with E-state index in [1.807, 2.05) is 13.8 Å². The van der Waals surface area contributed by atoms with Crippen LogP contribution >= 0.6 is 0 Å². The second kappa shape index (κ2) is 9.89. The number of nitrogens with zero attached hydrogens (tertiary/aromatic N) is 4. The number of piperazine rings is 1. The molecule has 0 bridgehead atoms. The highest BCUT2D eigenvalue weighted by molar-refractivity contribution is 5.92. The van der Waals surface area contributed by atoms with E-state index in [2.05, 4.69) is 63.4 Å². The van der Waals surface area contributed by atoms with Crippen molar-refractivity contribution in [2.24, 2.45) is 0 Å². The van der Waals surface area contributed by atoms with Crippen LogP contribution in [0.2, 0.25) is 0 Å². The molecule has 1 aliphatic rings. The number of oxazole rings is 1. The van der Waals surface area contributed by atoms with Crippen molar-refractivity contribution >= 4 is 11.6 Å². The topological polar surface area (TPSA) is 64.9 Å². The van der Waals surface area contributed by atoms with Gasteiger partial charge in [-0.05, 0) is 31.0 Å². The van der Waals surface area contributed by atoms with Gasteiger partial charge < -0.3 is 14.6 Å². The maximum Gasteiger partial charge on any atom is 0.273 e. The first-order valence-corrected chi connectivity index (χ1v) is 10.4. The number of aromatic nitrogens is 1. The van der Waals surface area contributed by atoms with Gasteiger partial charge in [-0.15, -0.1) is 0 Å². The summed E-state index contributed by atoms with van der Waals surface area (Å²) in [7, 11) is 4.12. The number of hydrogen-bond acceptors (Lipinski definition) is 6. The maximum atomic E-state index is 12.1. The third-order valence-electron chi connectivity index (χ3n) is 5.46. The number of nitrogens with one attached hydrogen (secondary N) is 1. The fraction of sp³-hybridized carbons (Fsp3) is 0.545. The number of amides is 1. The molecule has 1 amide bonds. The Balaban J connectivity index is 1.44. The van der Waals surface area contributed by atoms with Crippen LogP contribution in [0.3, 0.4) is 0 Å². The molecule has 7 heteroatoms. The van der Waals surface area contributed by atoms with Gasteiger partial charge in [0.05, 0.1) is 6.54 Å². The van der Waals surface area contributed by atoms with E-state index in [0.717, 1.165) is 39.1 Å². The standard InChI is InChI=1S/C22H33N5O2/c1-5-17(2)23-22(28)20-16-29-21(24-20)15-27-12-10-26(11-13-27)14-18-6-8-19(9-7-18)25(3)4/h6-9,16-17H,5,10-15H2,1-4H3,(H,23,28)/t17-/m1/s1. The third kappa shape index (κ3) is 6.05. The summed E-state index contributed by atoms with van der Waals surface area (Å²) in [5, 5.41) is 2.92. The second-order valence-electron chi connectivity index (χ2n) is 8.02. The first kappa shape index (κ1) is 21.3. The summed E-state index contributed by atoms with van der Waals surface area (Å²) in [5.41, 5.74) is 2.93. The molecule has 1 N–H and O–H groups in total. The molecular weight excluding hydrogens is 366 g/mol. The number of anilines is 1. The lowest BCUT2D eigenvalue weighted by Crippen LogP contribution is -2.45. The van der Waals surface area contributed by atoms with Gasteiger partial charge in [-0.3, -0.25) is 14.6 Å². The lowest BCUT2D eigenvalue weighted by molar-refractivity contribution is 0.0934. The third-order valence-corrected chi connectivity index (χ3v) is 5.46. The molecule has 158 valence electrons. The van der Waals surface area contributed by atoms with Crippen molar-refractivity contribution in [3.63, 3.8) is 0 Å². The van der Waals surface area contributed by atoms with Crippen LogP contribution < -0.4 is 10.2 Å². The Bertz CT molecular complexity index is 779. The predicted octanol–water partition coefficient (Wildman–Crippen LogP) is 2.59. The minimum atomic E-state index is -0.167. The fourth-order valence-electron chi connectivity index (χ4n) is 3.34. The second-order valence-corrected chi connectivity index (χ2v) is 8.02. The molecule has 2 aromatic rings. The van der Waals surface area contributed by atoms with Crippen LogP contribution in [-0.4, -0.2) is 67.0 Å². The molecule has 1 aromatic heterocycles. The molecule has 0 aliphatic carbocycles. The van der Waals surface area contributed by atoms with Gasteiger partial charge in [0, 0.05) is 58.5 Å². The van der Waals surface area contributed by atoms with Gasteiger partial charge >= 0.3 is 0 Å². The highest BCUT2D eigenvalue weighted by atomic mass is 16.3. The van der Waals surface area contributed by atoms with Crippen molar-refractivity contribution < 1.29 is 9.21 Å². The SMILES string of the molecule is CC[C@@H](C)NC(=O)c1coc(CN2CCN(Cc3ccc(N(C)C)cc3)CC2)n1. The zero-order valence-corrected chi connectivity index (χ0v) is 18.0. The molecule has 2 heterocycles. The van der Waals surface area contributed by atoms with E-state index in [1.165, 1.54) is 17.5 Å². The predicted molar refractivity (Wildman–Crippen MR) is 115 cm³/mol. The molecule has 0 unspecified atom stereocenters. The van der Waals surface area contributed by atoms with Crippen LogP contribution in [0.5, 0.6) is 0 Å². The molecule has 1 saturated heterocycles. The van der Waals surface area contributed by atoms with Crippen LogP contribution in [0.15, 0.2) is 34.9 Å². The van der Waals surface area contributed by atoms with Gasteiger partial charge in [0.25, 0.3) is 5.91 Å². The highest BCUT2D eigenvalue weighted by Crippen LogP contribution is 2.15. The van der Waals surface area contributed by atoms with Crippen molar-refractivity contribution in [2.75, 3.05) is 45.2 Å². The van der Waals surface area contributed by atoms with Crippen LogP contribution in [-0.2, 0) is 13.1 Å². The molecule has 29 heavy (non-hydrogen) atoms. The fourth-order valence-corrected chi connectivity index (χ4v) is 3.34. The number of hydrogen-bond donors (Lipinski definition) is 1. The minimum absolute atomic E-state index is 0.134. The summed E-state index contributed by atoms with van der Waals surface area (Å²) < 4.78 is 5.53. The molecule has 0 radical (unpaired) electrons. The molecular formula is C22H33N5O2. The molecule has 3 rings (SSSR count). The molecule has 7 nitrogen and oxygen atoms in total.